The van der Waals surface area contributed by atoms with Crippen LogP contribution in [0.2, 0.25) is 0 Å². The van der Waals surface area contributed by atoms with Crippen molar-refractivity contribution in [3.63, 3.8) is 0 Å². The third kappa shape index (κ3) is 4.20. The number of aromatic amines is 2. The van der Waals surface area contributed by atoms with E-state index in [1.807, 2.05) is 0 Å². The monoisotopic (exact) mass is 427 g/mol. The summed E-state index contributed by atoms with van der Waals surface area (Å²) in [5.41, 5.74) is 2.35. The molecule has 0 saturated carbocycles. The van der Waals surface area contributed by atoms with Crippen molar-refractivity contribution in [1.29, 1.82) is 0 Å². The number of anilines is 1. The number of carbonyl (C=O) groups is 1. The largest absolute Gasteiger partial charge is 0.336 e. The van der Waals surface area contributed by atoms with Gasteiger partial charge >= 0.3 is 5.69 Å². The first kappa shape index (κ1) is 19.7. The Kier molecular flexibility index (Phi) is 5.27. The van der Waals surface area contributed by atoms with Crippen molar-refractivity contribution in [2.45, 2.75) is 23.8 Å². The number of halogens is 1. The van der Waals surface area contributed by atoms with Crippen LogP contribution in [0, 0.1) is 5.82 Å². The van der Waals surface area contributed by atoms with Crippen LogP contribution in [0.1, 0.15) is 18.3 Å². The zero-order chi connectivity index (χ0) is 21.3. The van der Waals surface area contributed by atoms with Crippen molar-refractivity contribution in [2.24, 2.45) is 0 Å². The van der Waals surface area contributed by atoms with Crippen LogP contribution in [0.5, 0.6) is 0 Å². The molecule has 0 radical (unpaired) electrons. The number of fused-ring (bicyclic) bond motifs is 1. The Morgan fingerprint density at radius 2 is 1.93 bits per heavy atom. The van der Waals surface area contributed by atoms with Gasteiger partial charge in [-0.3, -0.25) is 4.79 Å². The molecule has 1 atom stereocenters. The minimum Gasteiger partial charge on any atom is -0.336 e. The smallest absolute Gasteiger partial charge is 0.323 e. The molecule has 0 saturated heterocycles. The van der Waals surface area contributed by atoms with Crippen LogP contribution in [0.25, 0.3) is 11.0 Å². The molecule has 0 spiro atoms. The molecule has 0 aliphatic heterocycles. The number of nitrogens with two attached hydrogens (primary N) is 1. The lowest BCUT2D eigenvalue weighted by atomic mass is 10.1. The van der Waals surface area contributed by atoms with Crippen LogP contribution in [-0.4, -0.2) is 36.0 Å². The first-order chi connectivity index (χ1) is 14.4. The lowest BCUT2D eigenvalue weighted by Crippen LogP contribution is -2.24. The van der Waals surface area contributed by atoms with Crippen LogP contribution in [0.3, 0.4) is 0 Å². The minimum atomic E-state index is -0.504. The number of nitrogen functional groups attached to an aromatic ring is 1. The number of aromatic nitrogens is 5. The SMILES string of the molecule is CC(Sc1nnc(Cc2ccc(F)cc2)n1N)C(=O)Nc1ccc2[nH]c(=O)[nH]c2c1. The topological polar surface area (TPSA) is 134 Å². The Morgan fingerprint density at radius 3 is 2.70 bits per heavy atom. The summed E-state index contributed by atoms with van der Waals surface area (Å²) in [6.07, 6.45) is 0.389. The molecule has 154 valence electrons. The van der Waals surface area contributed by atoms with Gasteiger partial charge in [0.15, 0.2) is 5.82 Å². The number of carbonyl (C=O) groups excluding carboxylic acids is 1. The molecule has 30 heavy (non-hydrogen) atoms. The Morgan fingerprint density at radius 1 is 1.20 bits per heavy atom. The quantitative estimate of drug-likeness (QED) is 0.275. The number of hydrogen-bond donors (Lipinski definition) is 4. The number of nitrogens with zero attached hydrogens (tertiary/aromatic N) is 3. The minimum absolute atomic E-state index is 0.250. The van der Waals surface area contributed by atoms with Gasteiger partial charge in [0.05, 0.1) is 16.3 Å². The van der Waals surface area contributed by atoms with Crippen LogP contribution in [-0.2, 0) is 11.2 Å². The van der Waals surface area contributed by atoms with Gasteiger partial charge in [-0.1, -0.05) is 23.9 Å². The van der Waals surface area contributed by atoms with Gasteiger partial charge in [0.25, 0.3) is 0 Å². The lowest BCUT2D eigenvalue weighted by molar-refractivity contribution is -0.115. The average Bonchev–Trinajstić information content (AvgIpc) is 3.25. The van der Waals surface area contributed by atoms with Gasteiger partial charge in [0.2, 0.25) is 11.1 Å². The van der Waals surface area contributed by atoms with Crippen molar-refractivity contribution in [1.82, 2.24) is 24.8 Å². The molecule has 11 heteroatoms. The standard InChI is InChI=1S/C19H18FN7O2S/c1-10(17(28)22-13-6-7-14-15(9-13)24-18(29)23-14)30-19-26-25-16(27(19)21)8-11-2-4-12(20)5-3-11/h2-7,9-10H,8,21H2,1H3,(H,22,28)(H2,23,24,29). The molecule has 0 aliphatic carbocycles. The molecule has 1 amide bonds. The highest BCUT2D eigenvalue weighted by Gasteiger charge is 2.20. The van der Waals surface area contributed by atoms with Gasteiger partial charge in [0.1, 0.15) is 5.82 Å². The summed E-state index contributed by atoms with van der Waals surface area (Å²) >= 11 is 1.17. The third-order valence-corrected chi connectivity index (χ3v) is 5.50. The summed E-state index contributed by atoms with van der Waals surface area (Å²) in [4.78, 5) is 29.2. The first-order valence-electron chi connectivity index (χ1n) is 9.02. The van der Waals surface area contributed by atoms with E-state index in [9.17, 15) is 14.0 Å². The summed E-state index contributed by atoms with van der Waals surface area (Å²) in [6.45, 7) is 1.73. The fourth-order valence-corrected chi connectivity index (χ4v) is 3.65. The zero-order valence-electron chi connectivity index (χ0n) is 15.8. The molecular weight excluding hydrogens is 409 g/mol. The van der Waals surface area contributed by atoms with Gasteiger partial charge in [-0.05, 0) is 42.8 Å². The highest BCUT2D eigenvalue weighted by molar-refractivity contribution is 8.00. The van der Waals surface area contributed by atoms with Gasteiger partial charge in [-0.15, -0.1) is 10.2 Å². The molecule has 0 aliphatic rings. The van der Waals surface area contributed by atoms with Crippen molar-refractivity contribution in [3.8, 4) is 0 Å². The summed E-state index contributed by atoms with van der Waals surface area (Å²) in [5.74, 6) is 6.01. The van der Waals surface area contributed by atoms with E-state index in [1.165, 1.54) is 28.6 Å². The van der Waals surface area contributed by atoms with Crippen molar-refractivity contribution >= 4 is 34.4 Å². The van der Waals surface area contributed by atoms with E-state index in [2.05, 4.69) is 25.5 Å². The number of H-pyrrole nitrogens is 2. The number of thioether (sulfide) groups is 1. The Labute approximate surface area is 173 Å². The van der Waals surface area contributed by atoms with Crippen LogP contribution in [0.15, 0.2) is 52.4 Å². The molecule has 5 N–H and O–H groups in total. The van der Waals surface area contributed by atoms with E-state index < -0.39 is 5.25 Å². The second-order valence-electron chi connectivity index (χ2n) is 6.66. The van der Waals surface area contributed by atoms with E-state index in [0.717, 1.165) is 5.56 Å². The van der Waals surface area contributed by atoms with E-state index in [4.69, 9.17) is 5.84 Å². The van der Waals surface area contributed by atoms with E-state index in [-0.39, 0.29) is 17.4 Å². The van der Waals surface area contributed by atoms with Gasteiger partial charge in [-0.25, -0.2) is 13.9 Å². The van der Waals surface area contributed by atoms with Crippen LogP contribution >= 0.6 is 11.8 Å². The Hall–Kier alpha value is -3.60. The van der Waals surface area contributed by atoms with E-state index >= 15 is 0 Å². The number of imidazole rings is 1. The molecule has 0 fully saturated rings. The van der Waals surface area contributed by atoms with Crippen molar-refractivity contribution < 1.29 is 9.18 Å². The number of nitrogens with one attached hydrogen (secondary N) is 3. The average molecular weight is 427 g/mol. The Bertz CT molecular complexity index is 1260. The van der Waals surface area contributed by atoms with Gasteiger partial charge in [-0.2, -0.15) is 0 Å². The lowest BCUT2D eigenvalue weighted by Gasteiger charge is -2.11. The fourth-order valence-electron chi connectivity index (χ4n) is 2.86. The number of benzene rings is 2. The maximum atomic E-state index is 13.0. The second kappa shape index (κ2) is 8.03. The zero-order valence-corrected chi connectivity index (χ0v) is 16.7. The molecule has 1 unspecified atom stereocenters. The van der Waals surface area contributed by atoms with Crippen LogP contribution < -0.4 is 16.8 Å². The normalized spacial score (nSPS) is 12.2. The second-order valence-corrected chi connectivity index (χ2v) is 7.97. The maximum absolute atomic E-state index is 13.0. The third-order valence-electron chi connectivity index (χ3n) is 4.45. The van der Waals surface area contributed by atoms with Crippen LogP contribution in [0.4, 0.5) is 10.1 Å². The fraction of sp³-hybridized carbons (Fsp3) is 0.158. The molecule has 2 aromatic carbocycles. The molecule has 2 aromatic heterocycles. The highest BCUT2D eigenvalue weighted by Crippen LogP contribution is 2.23. The van der Waals surface area contributed by atoms with Gasteiger partial charge < -0.3 is 21.1 Å². The predicted molar refractivity (Wildman–Crippen MR) is 112 cm³/mol. The molecular formula is C19H18FN7O2S. The van der Waals surface area contributed by atoms with E-state index in [0.29, 0.717) is 34.1 Å². The summed E-state index contributed by atoms with van der Waals surface area (Å²) in [7, 11) is 0. The molecule has 0 bridgehead atoms. The molecule has 4 rings (SSSR count). The number of amides is 1. The Balaban J connectivity index is 1.41. The predicted octanol–water partition coefficient (Wildman–Crippen LogP) is 2.01. The van der Waals surface area contributed by atoms with E-state index in [1.54, 1.807) is 37.3 Å². The summed E-state index contributed by atoms with van der Waals surface area (Å²) in [6, 6.07) is 11.1. The molecule has 9 nitrogen and oxygen atoms in total. The number of rotatable bonds is 6. The molecule has 2 heterocycles. The van der Waals surface area contributed by atoms with Gasteiger partial charge in [0, 0.05) is 12.1 Å². The first-order valence-corrected chi connectivity index (χ1v) is 9.90. The maximum Gasteiger partial charge on any atom is 0.323 e. The molecule has 4 aromatic rings. The number of hydrogen-bond acceptors (Lipinski definition) is 6. The summed E-state index contributed by atoms with van der Waals surface area (Å²) in [5, 5.41) is 10.8. The highest BCUT2D eigenvalue weighted by atomic mass is 32.2. The van der Waals surface area contributed by atoms with Crippen molar-refractivity contribution in [2.75, 3.05) is 11.2 Å². The van der Waals surface area contributed by atoms with Crippen molar-refractivity contribution in [3.05, 3.63) is 70.2 Å². The summed E-state index contributed by atoms with van der Waals surface area (Å²) < 4.78 is 14.4.